The Morgan fingerprint density at radius 2 is 1.79 bits per heavy atom. The van der Waals surface area contributed by atoms with Crippen LogP contribution in [0.1, 0.15) is 17.3 Å². The van der Waals surface area contributed by atoms with Crippen LogP contribution in [0.15, 0.2) is 18.2 Å². The topological polar surface area (TPSA) is 66.6 Å². The van der Waals surface area contributed by atoms with E-state index in [2.05, 4.69) is 4.90 Å². The number of benzene rings is 1. The normalized spacial score (nSPS) is 10.6. The average molecular weight is 263 g/mol. The van der Waals surface area contributed by atoms with Gasteiger partial charge in [-0.05, 0) is 32.3 Å². The zero-order chi connectivity index (χ0) is 14.6. The minimum atomic E-state index is -0.501. The smallest absolute Gasteiger partial charge is 0.230 e. The number of ketones is 2. The van der Waals surface area contributed by atoms with Crippen LogP contribution in [0.5, 0.6) is 0 Å². The summed E-state index contributed by atoms with van der Waals surface area (Å²) in [5, 5.41) is 0. The maximum absolute atomic E-state index is 11.9. The maximum atomic E-state index is 11.9. The standard InChI is InChI=1S/C14H21N3O2/c1-10(18)14(19)12-9-11(15)5-6-13(12)17(4)8-7-16(2)3/h5-6,9H,7-8,15H2,1-4H3. The van der Waals surface area contributed by atoms with Gasteiger partial charge in [-0.25, -0.2) is 0 Å². The Kier molecular flexibility index (Phi) is 5.06. The highest BCUT2D eigenvalue weighted by molar-refractivity contribution is 6.44. The van der Waals surface area contributed by atoms with Crippen LogP contribution in [0.4, 0.5) is 11.4 Å². The van der Waals surface area contributed by atoms with Gasteiger partial charge in [0.25, 0.3) is 0 Å². The third-order valence-corrected chi connectivity index (χ3v) is 2.88. The summed E-state index contributed by atoms with van der Waals surface area (Å²) in [6, 6.07) is 5.07. The van der Waals surface area contributed by atoms with Crippen molar-refractivity contribution < 1.29 is 9.59 Å². The van der Waals surface area contributed by atoms with Crippen LogP contribution in [0.25, 0.3) is 0 Å². The molecule has 0 radical (unpaired) electrons. The largest absolute Gasteiger partial charge is 0.399 e. The fourth-order valence-corrected chi connectivity index (χ4v) is 1.73. The Bertz CT molecular complexity index is 484. The molecular weight excluding hydrogens is 242 g/mol. The van der Waals surface area contributed by atoms with Crippen molar-refractivity contribution in [3.8, 4) is 0 Å². The Morgan fingerprint density at radius 3 is 2.32 bits per heavy atom. The van der Waals surface area contributed by atoms with Gasteiger partial charge in [-0.3, -0.25) is 9.59 Å². The summed E-state index contributed by atoms with van der Waals surface area (Å²) in [5.41, 5.74) is 7.28. The number of likely N-dealkylation sites (N-methyl/N-ethyl adjacent to an activating group) is 2. The van der Waals surface area contributed by atoms with Gasteiger partial charge in [0.2, 0.25) is 5.78 Å². The van der Waals surface area contributed by atoms with E-state index in [-0.39, 0.29) is 0 Å². The molecule has 0 unspecified atom stereocenters. The molecule has 0 saturated heterocycles. The van der Waals surface area contributed by atoms with Crippen molar-refractivity contribution in [1.29, 1.82) is 0 Å². The molecule has 0 spiro atoms. The number of nitrogens with two attached hydrogens (primary N) is 1. The number of hydrogen-bond acceptors (Lipinski definition) is 5. The minimum absolute atomic E-state index is 0.369. The van der Waals surface area contributed by atoms with Gasteiger partial charge in [0.1, 0.15) is 0 Å². The second-order valence-corrected chi connectivity index (χ2v) is 4.89. The number of rotatable bonds is 6. The summed E-state index contributed by atoms with van der Waals surface area (Å²) in [5.74, 6) is -0.980. The molecule has 0 saturated carbocycles. The van der Waals surface area contributed by atoms with Crippen LogP contribution < -0.4 is 10.6 Å². The van der Waals surface area contributed by atoms with E-state index in [0.29, 0.717) is 11.3 Å². The predicted octanol–water partition coefficient (Wildman–Crippen LogP) is 1.04. The number of hydrogen-bond donors (Lipinski definition) is 1. The van der Waals surface area contributed by atoms with E-state index in [4.69, 9.17) is 5.73 Å². The van der Waals surface area contributed by atoms with Gasteiger partial charge in [-0.15, -0.1) is 0 Å². The Hall–Kier alpha value is -1.88. The molecule has 0 bridgehead atoms. The summed E-state index contributed by atoms with van der Waals surface area (Å²) in [6.45, 7) is 2.89. The van der Waals surface area contributed by atoms with E-state index in [0.717, 1.165) is 18.8 Å². The molecule has 5 nitrogen and oxygen atoms in total. The molecule has 0 aliphatic heterocycles. The molecular formula is C14H21N3O2. The highest BCUT2D eigenvalue weighted by Crippen LogP contribution is 2.23. The van der Waals surface area contributed by atoms with Crippen LogP contribution in [0.2, 0.25) is 0 Å². The molecule has 0 aromatic heterocycles. The first-order chi connectivity index (χ1) is 8.82. The van der Waals surface area contributed by atoms with Crippen LogP contribution in [0.3, 0.4) is 0 Å². The summed E-state index contributed by atoms with van der Waals surface area (Å²) < 4.78 is 0. The number of nitrogen functional groups attached to an aromatic ring is 1. The molecule has 0 atom stereocenters. The molecule has 1 aromatic rings. The first kappa shape index (κ1) is 15.2. The van der Waals surface area contributed by atoms with Crippen molar-refractivity contribution >= 4 is 22.9 Å². The lowest BCUT2D eigenvalue weighted by molar-refractivity contribution is -0.113. The maximum Gasteiger partial charge on any atom is 0.230 e. The second kappa shape index (κ2) is 6.33. The SMILES string of the molecule is CC(=O)C(=O)c1cc(N)ccc1N(C)CCN(C)C. The molecule has 0 aliphatic rings. The van der Waals surface area contributed by atoms with Crippen molar-refractivity contribution in [3.63, 3.8) is 0 Å². The van der Waals surface area contributed by atoms with Gasteiger partial charge in [0, 0.05) is 38.4 Å². The predicted molar refractivity (Wildman–Crippen MR) is 77.7 cm³/mol. The molecule has 0 heterocycles. The monoisotopic (exact) mass is 263 g/mol. The highest BCUT2D eigenvalue weighted by Gasteiger charge is 2.18. The van der Waals surface area contributed by atoms with Gasteiger partial charge >= 0.3 is 0 Å². The van der Waals surface area contributed by atoms with Crippen LogP contribution in [-0.2, 0) is 4.79 Å². The van der Waals surface area contributed by atoms with E-state index in [1.807, 2.05) is 26.0 Å². The fourth-order valence-electron chi connectivity index (χ4n) is 1.73. The molecule has 0 fully saturated rings. The quantitative estimate of drug-likeness (QED) is 0.472. The van der Waals surface area contributed by atoms with Crippen LogP contribution >= 0.6 is 0 Å². The number of carbonyl (C=O) groups is 2. The van der Waals surface area contributed by atoms with Gasteiger partial charge in [-0.2, -0.15) is 0 Å². The van der Waals surface area contributed by atoms with E-state index in [9.17, 15) is 9.59 Å². The molecule has 1 rings (SSSR count). The molecule has 5 heteroatoms. The van der Waals surface area contributed by atoms with Gasteiger partial charge in [0.15, 0.2) is 5.78 Å². The van der Waals surface area contributed by atoms with Crippen LogP contribution in [0, 0.1) is 0 Å². The lowest BCUT2D eigenvalue weighted by Gasteiger charge is -2.23. The minimum Gasteiger partial charge on any atom is -0.399 e. The number of anilines is 2. The van der Waals surface area contributed by atoms with Crippen LogP contribution in [-0.4, -0.2) is 50.7 Å². The van der Waals surface area contributed by atoms with E-state index < -0.39 is 11.6 Å². The molecule has 104 valence electrons. The third-order valence-electron chi connectivity index (χ3n) is 2.88. The molecule has 0 aliphatic carbocycles. The van der Waals surface area contributed by atoms with Crippen molar-refractivity contribution in [2.24, 2.45) is 0 Å². The fraction of sp³-hybridized carbons (Fsp3) is 0.429. The third kappa shape index (κ3) is 4.06. The molecule has 2 N–H and O–H groups in total. The molecule has 0 amide bonds. The van der Waals surface area contributed by atoms with Crippen molar-refractivity contribution in [1.82, 2.24) is 4.90 Å². The van der Waals surface area contributed by atoms with Gasteiger partial charge in [0.05, 0.1) is 5.56 Å². The number of carbonyl (C=O) groups excluding carboxylic acids is 2. The summed E-state index contributed by atoms with van der Waals surface area (Å²) in [4.78, 5) is 27.2. The van der Waals surface area contributed by atoms with E-state index in [1.165, 1.54) is 6.92 Å². The Morgan fingerprint density at radius 1 is 1.16 bits per heavy atom. The molecule has 19 heavy (non-hydrogen) atoms. The second-order valence-electron chi connectivity index (χ2n) is 4.89. The molecule has 1 aromatic carbocycles. The number of Topliss-reactive ketones (excluding diaryl/α,β-unsaturated/α-hetero) is 2. The zero-order valence-corrected chi connectivity index (χ0v) is 11.9. The average Bonchev–Trinajstić information content (AvgIpc) is 2.34. The highest BCUT2D eigenvalue weighted by atomic mass is 16.2. The summed E-state index contributed by atoms with van der Waals surface area (Å²) >= 11 is 0. The Balaban J connectivity index is 3.06. The summed E-state index contributed by atoms with van der Waals surface area (Å²) in [7, 11) is 5.86. The van der Waals surface area contributed by atoms with Crippen molar-refractivity contribution in [2.45, 2.75) is 6.92 Å². The first-order valence-electron chi connectivity index (χ1n) is 6.13. The van der Waals surface area contributed by atoms with E-state index >= 15 is 0 Å². The lowest BCUT2D eigenvalue weighted by atomic mass is 10.0. The van der Waals surface area contributed by atoms with E-state index in [1.54, 1.807) is 18.2 Å². The zero-order valence-electron chi connectivity index (χ0n) is 11.9. The number of nitrogens with zero attached hydrogens (tertiary/aromatic N) is 2. The van der Waals surface area contributed by atoms with Crippen molar-refractivity contribution in [3.05, 3.63) is 23.8 Å². The van der Waals surface area contributed by atoms with Gasteiger partial charge < -0.3 is 15.5 Å². The first-order valence-corrected chi connectivity index (χ1v) is 6.13. The lowest BCUT2D eigenvalue weighted by Crippen LogP contribution is -2.30. The summed E-state index contributed by atoms with van der Waals surface area (Å²) in [6.07, 6.45) is 0. The van der Waals surface area contributed by atoms with Gasteiger partial charge in [-0.1, -0.05) is 0 Å². The Labute approximate surface area is 114 Å². The van der Waals surface area contributed by atoms with Crippen molar-refractivity contribution in [2.75, 3.05) is 44.9 Å².